The number of fused-ring (bicyclic) bond motifs is 1. The molecule has 0 spiro atoms. The molecule has 36 heavy (non-hydrogen) atoms. The van der Waals surface area contributed by atoms with Crippen LogP contribution in [0.25, 0.3) is 0 Å². The number of anilines is 2. The van der Waals surface area contributed by atoms with E-state index in [1.165, 1.54) is 0 Å². The second-order valence-corrected chi connectivity index (χ2v) is 10.8. The molecule has 0 unspecified atom stereocenters. The minimum absolute atomic E-state index is 0.116. The molecule has 0 aromatic heterocycles. The normalized spacial score (nSPS) is 18.0. The number of carbonyl (C=O) groups excluding carboxylic acids is 4. The number of amides is 4. The van der Waals surface area contributed by atoms with Crippen molar-refractivity contribution in [3.05, 3.63) is 24.3 Å². The van der Waals surface area contributed by atoms with Crippen LogP contribution in [-0.4, -0.2) is 60.5 Å². The predicted molar refractivity (Wildman–Crippen MR) is 138 cm³/mol. The van der Waals surface area contributed by atoms with Crippen LogP contribution in [0, 0.1) is 17.8 Å². The van der Waals surface area contributed by atoms with Crippen molar-refractivity contribution >= 4 is 35.0 Å². The molecule has 0 saturated heterocycles. The zero-order chi connectivity index (χ0) is 26.4. The van der Waals surface area contributed by atoms with E-state index in [0.717, 1.165) is 25.7 Å². The lowest BCUT2D eigenvalue weighted by molar-refractivity contribution is -0.136. The molecule has 9 nitrogen and oxygen atoms in total. The molecule has 1 heterocycles. The first-order chi connectivity index (χ1) is 17.1. The van der Waals surface area contributed by atoms with Gasteiger partial charge in [0.15, 0.2) is 6.04 Å². The van der Waals surface area contributed by atoms with Crippen molar-refractivity contribution in [1.29, 1.82) is 0 Å². The van der Waals surface area contributed by atoms with Gasteiger partial charge in [0.05, 0.1) is 18.0 Å². The van der Waals surface area contributed by atoms with Crippen LogP contribution in [0.5, 0.6) is 0 Å². The van der Waals surface area contributed by atoms with Crippen LogP contribution < -0.4 is 20.4 Å². The summed E-state index contributed by atoms with van der Waals surface area (Å²) >= 11 is 0. The molecular formula is C27H40N4O5. The minimum atomic E-state index is -1.47. The Bertz CT molecular complexity index is 908. The van der Waals surface area contributed by atoms with Gasteiger partial charge in [0.2, 0.25) is 11.8 Å². The number of nitrogens with zero attached hydrogens (tertiary/aromatic N) is 2. The summed E-state index contributed by atoms with van der Waals surface area (Å²) in [6.07, 6.45) is 4.44. The first-order valence-electron chi connectivity index (χ1n) is 13.0. The number of para-hydroxylation sites is 2. The van der Waals surface area contributed by atoms with Gasteiger partial charge in [0, 0.05) is 19.5 Å². The van der Waals surface area contributed by atoms with Crippen molar-refractivity contribution in [2.45, 2.75) is 71.9 Å². The summed E-state index contributed by atoms with van der Waals surface area (Å²) in [5.41, 5.74) is 1.23. The number of hydrogen-bond donors (Lipinski definition) is 3. The quantitative estimate of drug-likeness (QED) is 0.426. The summed E-state index contributed by atoms with van der Waals surface area (Å²) in [6.45, 7) is 8.00. The fraction of sp³-hybridized carbons (Fsp3) is 0.630. The van der Waals surface area contributed by atoms with Crippen LogP contribution >= 0.6 is 0 Å². The number of aliphatic hydroxyl groups excluding tert-OH is 1. The standard InChI is InChI=1S/C27H40N4O5/c1-17(2)14-30-21-11-7-8-12-22(21)31(15-18(3)4)27(36)24(26(30)35)29-25(34)20(16-32)28-23(33)13-19-9-5-6-10-19/h7-8,11-12,17-20,24,32H,5-6,9-10,13-16H2,1-4H3,(H,28,33)(H,29,34)/t20-/m0/s1. The number of hydrogen-bond acceptors (Lipinski definition) is 5. The molecule has 0 bridgehead atoms. The van der Waals surface area contributed by atoms with Crippen LogP contribution in [0.2, 0.25) is 0 Å². The Morgan fingerprint density at radius 1 is 0.944 bits per heavy atom. The summed E-state index contributed by atoms with van der Waals surface area (Å²) in [6, 6.07) is 4.53. The average molecular weight is 501 g/mol. The Hall–Kier alpha value is -2.94. The predicted octanol–water partition coefficient (Wildman–Crippen LogP) is 2.22. The van der Waals surface area contributed by atoms with E-state index >= 15 is 0 Å². The molecule has 9 heteroatoms. The highest BCUT2D eigenvalue weighted by Crippen LogP contribution is 2.34. The van der Waals surface area contributed by atoms with E-state index in [0.29, 0.717) is 30.9 Å². The molecule has 1 aromatic carbocycles. The van der Waals surface area contributed by atoms with Crippen LogP contribution in [0.15, 0.2) is 24.3 Å². The van der Waals surface area contributed by atoms with Crippen LogP contribution in [0.1, 0.15) is 59.8 Å². The third-order valence-corrected chi connectivity index (χ3v) is 6.65. The molecule has 198 valence electrons. The molecule has 1 saturated carbocycles. The molecule has 1 atom stereocenters. The molecular weight excluding hydrogens is 460 g/mol. The van der Waals surface area contributed by atoms with Gasteiger partial charge >= 0.3 is 0 Å². The Kier molecular flexibility index (Phi) is 9.48. The highest BCUT2D eigenvalue weighted by Gasteiger charge is 2.42. The number of carbonyl (C=O) groups is 4. The van der Waals surface area contributed by atoms with Gasteiger partial charge < -0.3 is 25.5 Å². The van der Waals surface area contributed by atoms with Gasteiger partial charge in [-0.2, -0.15) is 0 Å². The lowest BCUT2D eigenvalue weighted by Crippen LogP contribution is -2.60. The van der Waals surface area contributed by atoms with Gasteiger partial charge in [-0.05, 0) is 42.7 Å². The van der Waals surface area contributed by atoms with E-state index in [1.807, 2.05) is 39.8 Å². The third kappa shape index (κ3) is 6.63. The SMILES string of the molecule is CC(C)CN1C(=O)C(NC(=O)[C@H](CO)NC(=O)CC2CCCC2)C(=O)N(CC(C)C)c2ccccc21. The molecule has 4 amide bonds. The topological polar surface area (TPSA) is 119 Å². The van der Waals surface area contributed by atoms with Crippen molar-refractivity contribution in [2.24, 2.45) is 17.8 Å². The fourth-order valence-corrected chi connectivity index (χ4v) is 4.97. The number of rotatable bonds is 10. The molecule has 1 fully saturated rings. The van der Waals surface area contributed by atoms with Gasteiger partial charge in [-0.15, -0.1) is 0 Å². The van der Waals surface area contributed by atoms with Crippen LogP contribution in [0.3, 0.4) is 0 Å². The van der Waals surface area contributed by atoms with Crippen LogP contribution in [0.4, 0.5) is 11.4 Å². The van der Waals surface area contributed by atoms with Gasteiger partial charge in [0.25, 0.3) is 11.8 Å². The second-order valence-electron chi connectivity index (χ2n) is 10.8. The first kappa shape index (κ1) is 27.6. The summed E-state index contributed by atoms with van der Waals surface area (Å²) < 4.78 is 0. The zero-order valence-corrected chi connectivity index (χ0v) is 21.8. The highest BCUT2D eigenvalue weighted by atomic mass is 16.3. The smallest absolute Gasteiger partial charge is 0.259 e. The second kappa shape index (κ2) is 12.3. The largest absolute Gasteiger partial charge is 0.394 e. The van der Waals surface area contributed by atoms with E-state index in [9.17, 15) is 24.3 Å². The number of benzene rings is 1. The zero-order valence-electron chi connectivity index (χ0n) is 21.8. The van der Waals surface area contributed by atoms with Crippen LogP contribution in [-0.2, 0) is 19.2 Å². The Morgan fingerprint density at radius 3 is 1.89 bits per heavy atom. The summed E-state index contributed by atoms with van der Waals surface area (Å²) in [5.74, 6) is -1.63. The van der Waals surface area contributed by atoms with E-state index < -0.39 is 36.4 Å². The van der Waals surface area contributed by atoms with Gasteiger partial charge in [0.1, 0.15) is 6.04 Å². The molecule has 2 aliphatic rings. The van der Waals surface area contributed by atoms with E-state index in [-0.39, 0.29) is 23.7 Å². The molecule has 0 radical (unpaired) electrons. The fourth-order valence-electron chi connectivity index (χ4n) is 4.97. The average Bonchev–Trinajstić information content (AvgIpc) is 3.32. The van der Waals surface area contributed by atoms with Crippen molar-refractivity contribution in [1.82, 2.24) is 10.6 Å². The van der Waals surface area contributed by atoms with Gasteiger partial charge in [-0.3, -0.25) is 19.2 Å². The summed E-state index contributed by atoms with van der Waals surface area (Å²) in [4.78, 5) is 56.1. The van der Waals surface area contributed by atoms with Gasteiger partial charge in [-0.25, -0.2) is 0 Å². The van der Waals surface area contributed by atoms with Crippen molar-refractivity contribution in [2.75, 3.05) is 29.5 Å². The van der Waals surface area contributed by atoms with E-state index in [1.54, 1.807) is 21.9 Å². The third-order valence-electron chi connectivity index (χ3n) is 6.65. The Balaban J connectivity index is 1.85. The summed E-state index contributed by atoms with van der Waals surface area (Å²) in [5, 5.41) is 15.0. The molecule has 1 aliphatic heterocycles. The Morgan fingerprint density at radius 2 is 1.44 bits per heavy atom. The van der Waals surface area contributed by atoms with Crippen molar-refractivity contribution in [3.63, 3.8) is 0 Å². The molecule has 1 aromatic rings. The molecule has 3 N–H and O–H groups in total. The highest BCUT2D eigenvalue weighted by molar-refractivity contribution is 6.21. The lowest BCUT2D eigenvalue weighted by Gasteiger charge is -2.27. The first-order valence-corrected chi connectivity index (χ1v) is 13.0. The Labute approximate surface area is 213 Å². The van der Waals surface area contributed by atoms with Gasteiger partial charge in [-0.1, -0.05) is 52.7 Å². The molecule has 1 aliphatic carbocycles. The van der Waals surface area contributed by atoms with Crippen molar-refractivity contribution < 1.29 is 24.3 Å². The maximum absolute atomic E-state index is 13.7. The maximum Gasteiger partial charge on any atom is 0.259 e. The lowest BCUT2D eigenvalue weighted by atomic mass is 10.0. The van der Waals surface area contributed by atoms with Crippen molar-refractivity contribution in [3.8, 4) is 0 Å². The molecule has 3 rings (SSSR count). The number of aliphatic hydroxyl groups is 1. The maximum atomic E-state index is 13.7. The van der Waals surface area contributed by atoms with E-state index in [2.05, 4.69) is 10.6 Å². The minimum Gasteiger partial charge on any atom is -0.394 e. The monoisotopic (exact) mass is 500 g/mol. The van der Waals surface area contributed by atoms with E-state index in [4.69, 9.17) is 0 Å². The number of nitrogens with one attached hydrogen (secondary N) is 2. The summed E-state index contributed by atoms with van der Waals surface area (Å²) in [7, 11) is 0.